The lowest BCUT2D eigenvalue weighted by Crippen LogP contribution is -2.12. The molecule has 0 bridgehead atoms. The van der Waals surface area contributed by atoms with E-state index in [4.69, 9.17) is 10.1 Å². The molecular formula is C24H17N9. The number of nitrogens with one attached hydrogen (secondary N) is 2. The average Bonchev–Trinajstić information content (AvgIpc) is 3.60. The monoisotopic (exact) mass is 431 g/mol. The fraction of sp³-hybridized carbons (Fsp3) is 0.0833. The molecule has 0 saturated heterocycles. The van der Waals surface area contributed by atoms with Gasteiger partial charge in [-0.3, -0.25) is 0 Å². The van der Waals surface area contributed by atoms with Gasteiger partial charge in [0.1, 0.15) is 0 Å². The Bertz CT molecular complexity index is 1610. The maximum atomic E-state index is 4.81. The SMILES string of the molecule is c1cc2c3c(cccc3c1)C(n1ncc3cnc(Nc4ccc(-c5nnn[nH]5)cc4)nc31)C2. The van der Waals surface area contributed by atoms with E-state index in [0.717, 1.165) is 28.7 Å². The molecule has 9 nitrogen and oxygen atoms in total. The molecule has 1 aliphatic carbocycles. The minimum atomic E-state index is 0.112. The Morgan fingerprint density at radius 1 is 0.939 bits per heavy atom. The fourth-order valence-electron chi connectivity index (χ4n) is 4.68. The number of fused-ring (bicyclic) bond motifs is 1. The van der Waals surface area contributed by atoms with Gasteiger partial charge in [-0.15, -0.1) is 5.10 Å². The summed E-state index contributed by atoms with van der Waals surface area (Å²) in [5, 5.41) is 25.4. The molecule has 7 rings (SSSR count). The molecule has 1 aliphatic rings. The van der Waals surface area contributed by atoms with Crippen molar-refractivity contribution in [1.29, 1.82) is 0 Å². The van der Waals surface area contributed by atoms with Crippen molar-refractivity contribution < 1.29 is 0 Å². The summed E-state index contributed by atoms with van der Waals surface area (Å²) in [7, 11) is 0. The maximum absolute atomic E-state index is 4.81. The van der Waals surface area contributed by atoms with E-state index < -0.39 is 0 Å². The van der Waals surface area contributed by atoms with Crippen molar-refractivity contribution >= 4 is 33.4 Å². The second-order valence-corrected chi connectivity index (χ2v) is 8.10. The summed E-state index contributed by atoms with van der Waals surface area (Å²) >= 11 is 0. The zero-order valence-electron chi connectivity index (χ0n) is 17.3. The molecule has 0 fully saturated rings. The molecule has 9 heteroatoms. The molecule has 1 unspecified atom stereocenters. The first-order chi connectivity index (χ1) is 16.3. The highest BCUT2D eigenvalue weighted by Crippen LogP contribution is 2.39. The third-order valence-corrected chi connectivity index (χ3v) is 6.18. The van der Waals surface area contributed by atoms with E-state index in [1.54, 1.807) is 0 Å². The van der Waals surface area contributed by atoms with Crippen molar-refractivity contribution in [3.05, 3.63) is 84.2 Å². The van der Waals surface area contributed by atoms with Crippen LogP contribution in [0.25, 0.3) is 33.2 Å². The van der Waals surface area contributed by atoms with Crippen molar-refractivity contribution in [3.8, 4) is 11.4 Å². The van der Waals surface area contributed by atoms with E-state index in [2.05, 4.69) is 67.3 Å². The first-order valence-electron chi connectivity index (χ1n) is 10.7. The molecule has 0 saturated carbocycles. The van der Waals surface area contributed by atoms with Gasteiger partial charge >= 0.3 is 0 Å². The molecule has 3 heterocycles. The standard InChI is InChI=1S/C24H17N9/c1-3-14-4-2-6-19-20(11-16(5-1)21(14)19)33-23-17(13-26-33)12-25-24(28-23)27-18-9-7-15(8-10-18)22-29-31-32-30-22/h1-10,12-13,20H,11H2,(H,25,27,28)(H,29,30,31,32). The van der Waals surface area contributed by atoms with Crippen LogP contribution in [0.3, 0.4) is 0 Å². The third kappa shape index (κ3) is 2.86. The highest BCUT2D eigenvalue weighted by Gasteiger charge is 2.27. The molecule has 0 spiro atoms. The first-order valence-corrected chi connectivity index (χ1v) is 10.7. The van der Waals surface area contributed by atoms with Crippen LogP contribution in [-0.2, 0) is 6.42 Å². The van der Waals surface area contributed by atoms with Gasteiger partial charge in [0.2, 0.25) is 5.95 Å². The number of benzene rings is 3. The molecule has 6 aromatic rings. The molecule has 3 aromatic heterocycles. The number of tetrazole rings is 1. The Labute approximate surface area is 187 Å². The summed E-state index contributed by atoms with van der Waals surface area (Å²) in [6.07, 6.45) is 4.55. The second-order valence-electron chi connectivity index (χ2n) is 8.10. The maximum Gasteiger partial charge on any atom is 0.229 e. The fourth-order valence-corrected chi connectivity index (χ4v) is 4.68. The van der Waals surface area contributed by atoms with Gasteiger partial charge < -0.3 is 5.32 Å². The zero-order valence-corrected chi connectivity index (χ0v) is 17.3. The van der Waals surface area contributed by atoms with Crippen LogP contribution in [0.5, 0.6) is 0 Å². The van der Waals surface area contributed by atoms with Gasteiger partial charge in [0, 0.05) is 17.4 Å². The zero-order chi connectivity index (χ0) is 21.8. The van der Waals surface area contributed by atoms with Crippen LogP contribution in [0.4, 0.5) is 11.6 Å². The van der Waals surface area contributed by atoms with Gasteiger partial charge in [-0.25, -0.2) is 14.8 Å². The van der Waals surface area contributed by atoms with E-state index in [9.17, 15) is 0 Å². The number of rotatable bonds is 4. The highest BCUT2D eigenvalue weighted by molar-refractivity contribution is 5.91. The number of nitrogens with zero attached hydrogens (tertiary/aromatic N) is 7. The Kier molecular flexibility index (Phi) is 3.77. The van der Waals surface area contributed by atoms with Gasteiger partial charge in [0.05, 0.1) is 17.6 Å². The number of hydrogen-bond acceptors (Lipinski definition) is 7. The molecule has 3 aromatic carbocycles. The van der Waals surface area contributed by atoms with Crippen LogP contribution in [0.1, 0.15) is 17.2 Å². The molecule has 2 N–H and O–H groups in total. The van der Waals surface area contributed by atoms with Gasteiger partial charge in [-0.05, 0) is 63.0 Å². The van der Waals surface area contributed by atoms with Crippen LogP contribution >= 0.6 is 0 Å². The van der Waals surface area contributed by atoms with Crippen LogP contribution in [0.15, 0.2) is 73.1 Å². The van der Waals surface area contributed by atoms with Crippen LogP contribution < -0.4 is 5.32 Å². The summed E-state index contributed by atoms with van der Waals surface area (Å²) in [4.78, 5) is 9.29. The highest BCUT2D eigenvalue weighted by atomic mass is 15.5. The van der Waals surface area contributed by atoms with Crippen LogP contribution in [0, 0.1) is 0 Å². The van der Waals surface area contributed by atoms with Crippen LogP contribution in [0.2, 0.25) is 0 Å². The van der Waals surface area contributed by atoms with Gasteiger partial charge in [0.15, 0.2) is 11.5 Å². The number of aromatic amines is 1. The predicted octanol–water partition coefficient (Wildman–Crippen LogP) is 4.05. The molecule has 33 heavy (non-hydrogen) atoms. The van der Waals surface area contributed by atoms with E-state index in [1.807, 2.05) is 41.3 Å². The van der Waals surface area contributed by atoms with E-state index >= 15 is 0 Å². The molecule has 1 atom stereocenters. The van der Waals surface area contributed by atoms with E-state index in [1.165, 1.54) is 21.9 Å². The average molecular weight is 431 g/mol. The summed E-state index contributed by atoms with van der Waals surface area (Å²) in [6.45, 7) is 0. The summed E-state index contributed by atoms with van der Waals surface area (Å²) in [5.74, 6) is 1.14. The van der Waals surface area contributed by atoms with Gasteiger partial charge in [-0.1, -0.05) is 36.4 Å². The molecule has 0 aliphatic heterocycles. The quantitative estimate of drug-likeness (QED) is 0.433. The second kappa shape index (κ2) is 6.92. The minimum absolute atomic E-state index is 0.112. The summed E-state index contributed by atoms with van der Waals surface area (Å²) in [6, 6.07) is 20.8. The van der Waals surface area contributed by atoms with E-state index in [0.29, 0.717) is 11.8 Å². The van der Waals surface area contributed by atoms with Crippen molar-refractivity contribution in [2.45, 2.75) is 12.5 Å². The normalized spacial score (nSPS) is 14.8. The number of aromatic nitrogens is 8. The summed E-state index contributed by atoms with van der Waals surface area (Å²) < 4.78 is 2.02. The lowest BCUT2D eigenvalue weighted by molar-refractivity contribution is 0.550. The number of hydrogen-bond donors (Lipinski definition) is 2. The molecule has 0 radical (unpaired) electrons. The first kappa shape index (κ1) is 18.0. The van der Waals surface area contributed by atoms with Crippen molar-refractivity contribution in [2.24, 2.45) is 0 Å². The van der Waals surface area contributed by atoms with E-state index in [-0.39, 0.29) is 6.04 Å². The number of H-pyrrole nitrogens is 1. The molecule has 0 amide bonds. The van der Waals surface area contributed by atoms with Crippen LogP contribution in [-0.4, -0.2) is 40.4 Å². The Morgan fingerprint density at radius 3 is 2.67 bits per heavy atom. The lowest BCUT2D eigenvalue weighted by atomic mass is 10.0. The molecule has 158 valence electrons. The predicted molar refractivity (Wildman–Crippen MR) is 124 cm³/mol. The van der Waals surface area contributed by atoms with Gasteiger partial charge in [-0.2, -0.15) is 10.1 Å². The largest absolute Gasteiger partial charge is 0.324 e. The Hall–Kier alpha value is -4.66. The smallest absolute Gasteiger partial charge is 0.229 e. The Balaban J connectivity index is 1.23. The summed E-state index contributed by atoms with van der Waals surface area (Å²) in [5.41, 5.74) is 5.22. The third-order valence-electron chi connectivity index (χ3n) is 6.18. The van der Waals surface area contributed by atoms with Crippen molar-refractivity contribution in [1.82, 2.24) is 40.4 Å². The Morgan fingerprint density at radius 2 is 1.82 bits per heavy atom. The van der Waals surface area contributed by atoms with Gasteiger partial charge in [0.25, 0.3) is 0 Å². The minimum Gasteiger partial charge on any atom is -0.324 e. The van der Waals surface area contributed by atoms with Crippen molar-refractivity contribution in [3.63, 3.8) is 0 Å². The number of anilines is 2. The lowest BCUT2D eigenvalue weighted by Gasteiger charge is -2.14. The van der Waals surface area contributed by atoms with Crippen molar-refractivity contribution in [2.75, 3.05) is 5.32 Å². The topological polar surface area (TPSA) is 110 Å². The molecular weight excluding hydrogens is 414 g/mol.